The third kappa shape index (κ3) is 4.17. The number of H-pyrrole nitrogens is 1. The fourth-order valence-electron chi connectivity index (χ4n) is 4.23. The highest BCUT2D eigenvalue weighted by atomic mass is 19.1. The first kappa shape index (κ1) is 21.0. The number of aryl methyl sites for hydroxylation is 2. The van der Waals surface area contributed by atoms with Gasteiger partial charge in [-0.3, -0.25) is 14.3 Å². The topological polar surface area (TPSA) is 95.9 Å². The van der Waals surface area contributed by atoms with Crippen molar-refractivity contribution in [1.82, 2.24) is 30.0 Å². The summed E-state index contributed by atoms with van der Waals surface area (Å²) < 4.78 is 15.1. The Hall–Kier alpha value is -3.23. The van der Waals surface area contributed by atoms with Crippen LogP contribution in [0, 0.1) is 25.6 Å². The Balaban J connectivity index is 1.31. The summed E-state index contributed by atoms with van der Waals surface area (Å²) in [5, 5.41) is 7.36. The van der Waals surface area contributed by atoms with Gasteiger partial charge in [0.1, 0.15) is 11.6 Å². The van der Waals surface area contributed by atoms with E-state index in [1.165, 1.54) is 12.1 Å². The number of fused-ring (bicyclic) bond motifs is 1. The molecule has 1 saturated heterocycles. The first-order valence-corrected chi connectivity index (χ1v) is 10.6. The Morgan fingerprint density at radius 3 is 2.87 bits per heavy atom. The Labute approximate surface area is 179 Å². The lowest BCUT2D eigenvalue weighted by Crippen LogP contribution is -2.35. The fourth-order valence-corrected chi connectivity index (χ4v) is 4.23. The highest BCUT2D eigenvalue weighted by Gasteiger charge is 2.33. The van der Waals surface area contributed by atoms with Crippen molar-refractivity contribution >= 4 is 22.8 Å². The molecule has 4 rings (SSSR count). The van der Waals surface area contributed by atoms with E-state index < -0.39 is 0 Å². The minimum atomic E-state index is -0.316. The van der Waals surface area contributed by atoms with Crippen LogP contribution < -0.4 is 5.32 Å². The van der Waals surface area contributed by atoms with Gasteiger partial charge >= 0.3 is 0 Å². The molecule has 164 valence electrons. The molecule has 0 saturated carbocycles. The van der Waals surface area contributed by atoms with Gasteiger partial charge in [-0.25, -0.2) is 9.37 Å². The quantitative estimate of drug-likeness (QED) is 0.633. The molecule has 0 bridgehead atoms. The zero-order valence-electron chi connectivity index (χ0n) is 18.0. The number of nitrogens with zero attached hydrogens (tertiary/aromatic N) is 4. The molecule has 1 unspecified atom stereocenters. The number of imidazole rings is 1. The number of rotatable bonds is 6. The van der Waals surface area contributed by atoms with Gasteiger partial charge in [-0.15, -0.1) is 0 Å². The van der Waals surface area contributed by atoms with Gasteiger partial charge in [-0.2, -0.15) is 5.10 Å². The summed E-state index contributed by atoms with van der Waals surface area (Å²) in [7, 11) is 0. The standard InChI is InChI=1S/C22H27FN6O2/c1-4-29-14(3)20(13(2)27-29)22(31)28-10-8-15(12-28)21(30)24-9-7-19-25-17-6-5-16(23)11-18(17)26-19/h5-6,11,15H,4,7-10,12H2,1-3H3,(H,24,30)(H,25,26). The first-order valence-electron chi connectivity index (χ1n) is 10.6. The second-order valence-corrected chi connectivity index (χ2v) is 7.98. The fraction of sp³-hybridized carbons (Fsp3) is 0.455. The molecule has 0 radical (unpaired) electrons. The molecule has 0 spiro atoms. The third-order valence-corrected chi connectivity index (χ3v) is 5.90. The number of benzene rings is 1. The van der Waals surface area contributed by atoms with Gasteiger partial charge in [0.25, 0.3) is 5.91 Å². The number of carbonyl (C=O) groups is 2. The predicted molar refractivity (Wildman–Crippen MR) is 114 cm³/mol. The van der Waals surface area contributed by atoms with Crippen molar-refractivity contribution in [1.29, 1.82) is 0 Å². The van der Waals surface area contributed by atoms with Crippen LogP contribution in [0.3, 0.4) is 0 Å². The van der Waals surface area contributed by atoms with Crippen molar-refractivity contribution in [2.75, 3.05) is 19.6 Å². The second kappa shape index (κ2) is 8.49. The molecule has 31 heavy (non-hydrogen) atoms. The highest BCUT2D eigenvalue weighted by Crippen LogP contribution is 2.22. The number of amides is 2. The predicted octanol–water partition coefficient (Wildman–Crippen LogP) is 2.36. The van der Waals surface area contributed by atoms with Crippen LogP contribution in [0.15, 0.2) is 18.2 Å². The molecule has 1 atom stereocenters. The molecule has 2 amide bonds. The van der Waals surface area contributed by atoms with Crippen LogP contribution >= 0.6 is 0 Å². The molecule has 8 nitrogen and oxygen atoms in total. The van der Waals surface area contributed by atoms with E-state index in [-0.39, 0.29) is 23.5 Å². The van der Waals surface area contributed by atoms with E-state index in [4.69, 9.17) is 0 Å². The van der Waals surface area contributed by atoms with Crippen molar-refractivity contribution in [2.24, 2.45) is 5.92 Å². The Morgan fingerprint density at radius 2 is 2.13 bits per heavy atom. The molecule has 1 aliphatic heterocycles. The summed E-state index contributed by atoms with van der Waals surface area (Å²) in [6.07, 6.45) is 1.16. The van der Waals surface area contributed by atoms with E-state index in [1.54, 1.807) is 11.0 Å². The van der Waals surface area contributed by atoms with Crippen molar-refractivity contribution in [2.45, 2.75) is 40.2 Å². The van der Waals surface area contributed by atoms with E-state index in [2.05, 4.69) is 20.4 Å². The van der Waals surface area contributed by atoms with Crippen LogP contribution in [0.2, 0.25) is 0 Å². The number of halogens is 1. The minimum Gasteiger partial charge on any atom is -0.355 e. The number of carbonyl (C=O) groups excluding carboxylic acids is 2. The Bertz CT molecular complexity index is 1130. The lowest BCUT2D eigenvalue weighted by Gasteiger charge is -2.17. The molecule has 9 heteroatoms. The van der Waals surface area contributed by atoms with Gasteiger partial charge < -0.3 is 15.2 Å². The van der Waals surface area contributed by atoms with Crippen LogP contribution in [0.4, 0.5) is 4.39 Å². The number of hydrogen-bond acceptors (Lipinski definition) is 4. The van der Waals surface area contributed by atoms with Crippen LogP contribution in [0.25, 0.3) is 11.0 Å². The summed E-state index contributed by atoms with van der Waals surface area (Å²) in [5.41, 5.74) is 3.57. The van der Waals surface area contributed by atoms with E-state index in [0.717, 1.165) is 11.4 Å². The van der Waals surface area contributed by atoms with Crippen LogP contribution in [0.1, 0.15) is 40.9 Å². The SMILES string of the molecule is CCn1nc(C)c(C(=O)N2CCC(C(=O)NCCc3nc4ccc(F)cc4[nH]3)C2)c1C. The number of hydrogen-bond donors (Lipinski definition) is 2. The molecule has 3 heterocycles. The molecule has 1 fully saturated rings. The minimum absolute atomic E-state index is 0.0560. The maximum Gasteiger partial charge on any atom is 0.257 e. The average molecular weight is 426 g/mol. The summed E-state index contributed by atoms with van der Waals surface area (Å²) >= 11 is 0. The smallest absolute Gasteiger partial charge is 0.257 e. The van der Waals surface area contributed by atoms with Crippen molar-refractivity contribution in [3.05, 3.63) is 46.8 Å². The average Bonchev–Trinajstić information content (AvgIpc) is 3.44. The van der Waals surface area contributed by atoms with Gasteiger partial charge in [0.15, 0.2) is 0 Å². The zero-order valence-corrected chi connectivity index (χ0v) is 18.0. The molecule has 1 aliphatic rings. The van der Waals surface area contributed by atoms with Gasteiger partial charge in [-0.1, -0.05) is 0 Å². The maximum atomic E-state index is 13.3. The second-order valence-electron chi connectivity index (χ2n) is 7.98. The molecule has 2 N–H and O–H groups in total. The molecule has 3 aromatic rings. The van der Waals surface area contributed by atoms with Crippen LogP contribution in [0.5, 0.6) is 0 Å². The third-order valence-electron chi connectivity index (χ3n) is 5.90. The normalized spacial score (nSPS) is 16.3. The number of aromatic nitrogens is 4. The Kier molecular flexibility index (Phi) is 5.75. The monoisotopic (exact) mass is 426 g/mol. The lowest BCUT2D eigenvalue weighted by atomic mass is 10.1. The summed E-state index contributed by atoms with van der Waals surface area (Å²) in [5.74, 6) is 0.0389. The van der Waals surface area contributed by atoms with Crippen LogP contribution in [-0.2, 0) is 17.8 Å². The zero-order chi connectivity index (χ0) is 22.1. The van der Waals surface area contributed by atoms with Gasteiger partial charge in [0, 0.05) is 38.3 Å². The van der Waals surface area contributed by atoms with E-state index in [9.17, 15) is 14.0 Å². The Morgan fingerprint density at radius 1 is 1.32 bits per heavy atom. The van der Waals surface area contributed by atoms with Gasteiger partial charge in [0.2, 0.25) is 5.91 Å². The van der Waals surface area contributed by atoms with E-state index in [1.807, 2.05) is 25.5 Å². The summed E-state index contributed by atoms with van der Waals surface area (Å²) in [6.45, 7) is 7.85. The van der Waals surface area contributed by atoms with Crippen molar-refractivity contribution < 1.29 is 14.0 Å². The van der Waals surface area contributed by atoms with E-state index >= 15 is 0 Å². The number of likely N-dealkylation sites (tertiary alicyclic amines) is 1. The molecule has 1 aromatic carbocycles. The molecular formula is C22H27FN6O2. The first-order chi connectivity index (χ1) is 14.9. The van der Waals surface area contributed by atoms with Crippen molar-refractivity contribution in [3.63, 3.8) is 0 Å². The number of aromatic amines is 1. The van der Waals surface area contributed by atoms with Gasteiger partial charge in [-0.05, 0) is 45.4 Å². The largest absolute Gasteiger partial charge is 0.355 e. The molecular weight excluding hydrogens is 399 g/mol. The van der Waals surface area contributed by atoms with Crippen molar-refractivity contribution in [3.8, 4) is 0 Å². The summed E-state index contributed by atoms with van der Waals surface area (Å²) in [4.78, 5) is 34.8. The molecule has 0 aliphatic carbocycles. The number of nitrogens with one attached hydrogen (secondary N) is 2. The van der Waals surface area contributed by atoms with Gasteiger partial charge in [0.05, 0.1) is 28.2 Å². The lowest BCUT2D eigenvalue weighted by molar-refractivity contribution is -0.124. The molecule has 2 aromatic heterocycles. The maximum absolute atomic E-state index is 13.3. The van der Waals surface area contributed by atoms with Crippen LogP contribution in [-0.4, -0.2) is 56.1 Å². The highest BCUT2D eigenvalue weighted by molar-refractivity contribution is 5.97. The summed E-state index contributed by atoms with van der Waals surface area (Å²) in [6, 6.07) is 4.40. The van der Waals surface area contributed by atoms with E-state index in [0.29, 0.717) is 61.4 Å².